The Bertz CT molecular complexity index is 1560. The summed E-state index contributed by atoms with van der Waals surface area (Å²) in [5.74, 6) is -0.541. The van der Waals surface area contributed by atoms with E-state index in [1.54, 1.807) is 48.5 Å². The molecule has 5 rings (SSSR count). The SMILES string of the molecule is CC(C)(C)[Si](C)(C)Oc1cccc(C2=CN3C(=O)/C(=C/c4ccco4)N=C3C(Cc3ccccc3F)=N2)c1F. The quantitative estimate of drug-likeness (QED) is 0.243. The van der Waals surface area contributed by atoms with Gasteiger partial charge in [0.05, 0.1) is 17.7 Å². The fraction of sp³-hybridized carbons (Fsp3) is 0.233. The monoisotopic (exact) mass is 545 g/mol. The van der Waals surface area contributed by atoms with E-state index >= 15 is 4.39 Å². The first-order chi connectivity index (χ1) is 18.4. The second-order valence-corrected chi connectivity index (χ2v) is 15.7. The summed E-state index contributed by atoms with van der Waals surface area (Å²) in [5, 5.41) is -0.130. The van der Waals surface area contributed by atoms with E-state index in [0.717, 1.165) is 0 Å². The molecule has 0 unspecified atom stereocenters. The van der Waals surface area contributed by atoms with E-state index in [2.05, 4.69) is 25.8 Å². The number of benzene rings is 2. The topological polar surface area (TPSA) is 67.4 Å². The molecule has 2 aliphatic rings. The molecule has 0 aliphatic carbocycles. The highest BCUT2D eigenvalue weighted by atomic mass is 28.4. The van der Waals surface area contributed by atoms with Crippen molar-refractivity contribution in [2.45, 2.75) is 45.3 Å². The number of nitrogens with zero attached hydrogens (tertiary/aromatic N) is 3. The molecule has 3 aromatic rings. The van der Waals surface area contributed by atoms with Gasteiger partial charge in [-0.15, -0.1) is 0 Å². The molecule has 0 saturated carbocycles. The maximum Gasteiger partial charge on any atom is 0.282 e. The van der Waals surface area contributed by atoms with Gasteiger partial charge in [-0.2, -0.15) is 0 Å². The van der Waals surface area contributed by atoms with Gasteiger partial charge in [0.25, 0.3) is 14.2 Å². The average molecular weight is 546 g/mol. The van der Waals surface area contributed by atoms with Gasteiger partial charge in [0.15, 0.2) is 11.7 Å². The van der Waals surface area contributed by atoms with Gasteiger partial charge in [0.2, 0.25) is 0 Å². The number of aliphatic imine (C=N–C) groups is 2. The summed E-state index contributed by atoms with van der Waals surface area (Å²) >= 11 is 0. The minimum atomic E-state index is -2.33. The van der Waals surface area contributed by atoms with Gasteiger partial charge in [0.1, 0.15) is 23.0 Å². The van der Waals surface area contributed by atoms with E-state index in [1.165, 1.54) is 29.5 Å². The molecule has 2 aliphatic heterocycles. The molecular weight excluding hydrogens is 516 g/mol. The molecule has 3 heterocycles. The Labute approximate surface area is 227 Å². The molecule has 2 aromatic carbocycles. The summed E-state index contributed by atoms with van der Waals surface area (Å²) in [6, 6.07) is 14.6. The number of hydrogen-bond acceptors (Lipinski definition) is 5. The van der Waals surface area contributed by atoms with Crippen LogP contribution in [-0.4, -0.2) is 30.7 Å². The highest BCUT2D eigenvalue weighted by molar-refractivity contribution is 6.74. The number of carbonyl (C=O) groups is 1. The van der Waals surface area contributed by atoms with Crippen LogP contribution in [0.25, 0.3) is 11.8 Å². The largest absolute Gasteiger partial charge is 0.542 e. The Morgan fingerprint density at radius 1 is 1.03 bits per heavy atom. The minimum Gasteiger partial charge on any atom is -0.542 e. The first-order valence-electron chi connectivity index (χ1n) is 12.6. The lowest BCUT2D eigenvalue weighted by Crippen LogP contribution is -2.44. The zero-order valence-electron chi connectivity index (χ0n) is 22.5. The molecular formula is C30H29F2N3O3Si. The lowest BCUT2D eigenvalue weighted by Gasteiger charge is -2.36. The Morgan fingerprint density at radius 2 is 1.79 bits per heavy atom. The Morgan fingerprint density at radius 3 is 2.49 bits per heavy atom. The molecule has 0 radical (unpaired) electrons. The van der Waals surface area contributed by atoms with Crippen molar-refractivity contribution in [3.05, 3.63) is 101 Å². The summed E-state index contributed by atoms with van der Waals surface area (Å²) in [6.45, 7) is 10.3. The van der Waals surface area contributed by atoms with Crippen LogP contribution in [0, 0.1) is 11.6 Å². The number of furan rings is 1. The number of amidine groups is 1. The Kier molecular flexibility index (Phi) is 6.72. The van der Waals surface area contributed by atoms with Gasteiger partial charge in [-0.05, 0) is 54.0 Å². The van der Waals surface area contributed by atoms with Crippen LogP contribution < -0.4 is 4.43 Å². The van der Waals surface area contributed by atoms with Crippen molar-refractivity contribution >= 4 is 37.5 Å². The zero-order chi connectivity index (χ0) is 27.9. The van der Waals surface area contributed by atoms with Crippen LogP contribution >= 0.6 is 0 Å². The van der Waals surface area contributed by atoms with Crippen LogP contribution in [0.2, 0.25) is 18.1 Å². The van der Waals surface area contributed by atoms with Crippen LogP contribution in [0.15, 0.2) is 87.2 Å². The Hall–Kier alpha value is -4.11. The van der Waals surface area contributed by atoms with Crippen LogP contribution in [0.5, 0.6) is 5.75 Å². The van der Waals surface area contributed by atoms with E-state index in [9.17, 15) is 9.18 Å². The first kappa shape index (κ1) is 26.5. The van der Waals surface area contributed by atoms with Crippen LogP contribution in [0.3, 0.4) is 0 Å². The fourth-order valence-electron chi connectivity index (χ4n) is 3.99. The zero-order valence-corrected chi connectivity index (χ0v) is 23.5. The number of hydrogen-bond donors (Lipinski definition) is 0. The lowest BCUT2D eigenvalue weighted by atomic mass is 10.0. The van der Waals surface area contributed by atoms with Gasteiger partial charge in [0, 0.05) is 24.3 Å². The third kappa shape index (κ3) is 5.14. The molecule has 39 heavy (non-hydrogen) atoms. The van der Waals surface area contributed by atoms with Crippen molar-refractivity contribution in [2.24, 2.45) is 9.98 Å². The van der Waals surface area contributed by atoms with E-state index < -0.39 is 25.9 Å². The standard InChI is InChI=1S/C30H29F2N3O3Si/c1-30(2,3)39(4,5)38-26-14-8-12-21(27(26)32)25-18-35-28(23(33-25)16-19-10-6-7-13-22(19)31)34-24(29(35)36)17-20-11-9-15-37-20/h6-15,17-18H,16H2,1-5H3/b24-17-. The molecule has 1 aromatic heterocycles. The molecule has 6 nitrogen and oxygen atoms in total. The summed E-state index contributed by atoms with van der Waals surface area (Å²) in [7, 11) is -2.33. The van der Waals surface area contributed by atoms with Crippen molar-refractivity contribution in [3.8, 4) is 5.75 Å². The molecule has 9 heteroatoms. The first-order valence-corrected chi connectivity index (χ1v) is 15.5. The molecule has 0 atom stereocenters. The van der Waals surface area contributed by atoms with Gasteiger partial charge in [-0.3, -0.25) is 9.69 Å². The summed E-state index contributed by atoms with van der Waals surface area (Å²) in [4.78, 5) is 23.9. The van der Waals surface area contributed by atoms with E-state index in [0.29, 0.717) is 17.0 Å². The van der Waals surface area contributed by atoms with Gasteiger partial charge >= 0.3 is 0 Å². The summed E-state index contributed by atoms with van der Waals surface area (Å²) in [5.41, 5.74) is 1.24. The van der Waals surface area contributed by atoms with Gasteiger partial charge < -0.3 is 8.84 Å². The fourth-order valence-corrected chi connectivity index (χ4v) is 5.01. The second kappa shape index (κ2) is 9.89. The predicted molar refractivity (Wildman–Crippen MR) is 151 cm³/mol. The third-order valence-electron chi connectivity index (χ3n) is 7.21. The summed E-state index contributed by atoms with van der Waals surface area (Å²) in [6.07, 6.45) is 4.54. The number of halogens is 2. The van der Waals surface area contributed by atoms with E-state index in [4.69, 9.17) is 13.8 Å². The van der Waals surface area contributed by atoms with Gasteiger partial charge in [-0.1, -0.05) is 45.0 Å². The number of amides is 1. The Balaban J connectivity index is 1.59. The van der Waals surface area contributed by atoms with Gasteiger partial charge in [-0.25, -0.2) is 18.8 Å². The van der Waals surface area contributed by atoms with Crippen LogP contribution in [0.4, 0.5) is 8.78 Å². The molecule has 1 amide bonds. The maximum atomic E-state index is 15.9. The van der Waals surface area contributed by atoms with Crippen LogP contribution in [-0.2, 0) is 11.2 Å². The smallest absolute Gasteiger partial charge is 0.282 e. The normalized spacial score (nSPS) is 16.7. The lowest BCUT2D eigenvalue weighted by molar-refractivity contribution is -0.120. The minimum absolute atomic E-state index is 0.0580. The van der Waals surface area contributed by atoms with Crippen molar-refractivity contribution in [3.63, 3.8) is 0 Å². The number of rotatable bonds is 6. The molecule has 0 bridgehead atoms. The van der Waals surface area contributed by atoms with Crippen molar-refractivity contribution < 1.29 is 22.4 Å². The summed E-state index contributed by atoms with van der Waals surface area (Å²) < 4.78 is 42.1. The highest BCUT2D eigenvalue weighted by Gasteiger charge is 2.40. The van der Waals surface area contributed by atoms with E-state index in [1.807, 2.05) is 13.1 Å². The second-order valence-electron chi connectivity index (χ2n) is 11.0. The average Bonchev–Trinajstić information content (AvgIpc) is 3.49. The molecule has 0 fully saturated rings. The third-order valence-corrected chi connectivity index (χ3v) is 11.5. The molecule has 0 spiro atoms. The van der Waals surface area contributed by atoms with Crippen molar-refractivity contribution in [1.29, 1.82) is 0 Å². The van der Waals surface area contributed by atoms with E-state index in [-0.39, 0.29) is 40.0 Å². The predicted octanol–water partition coefficient (Wildman–Crippen LogP) is 7.22. The maximum absolute atomic E-state index is 15.9. The molecule has 200 valence electrons. The molecule has 0 N–H and O–H groups in total. The van der Waals surface area contributed by atoms with Crippen molar-refractivity contribution in [1.82, 2.24) is 4.90 Å². The number of carbonyl (C=O) groups excluding carboxylic acids is 1. The highest BCUT2D eigenvalue weighted by Crippen LogP contribution is 2.39. The number of fused-ring (bicyclic) bond motifs is 1. The molecule has 0 saturated heterocycles. The van der Waals surface area contributed by atoms with Crippen LogP contribution in [0.1, 0.15) is 37.7 Å². The van der Waals surface area contributed by atoms with Crippen molar-refractivity contribution in [2.75, 3.05) is 0 Å².